The number of rotatable bonds is 5. The first kappa shape index (κ1) is 12.6. The van der Waals surface area contributed by atoms with Crippen molar-refractivity contribution in [2.45, 2.75) is 13.0 Å². The van der Waals surface area contributed by atoms with Crippen LogP contribution in [0.2, 0.25) is 0 Å². The van der Waals surface area contributed by atoms with Gasteiger partial charge in [0, 0.05) is 16.6 Å². The van der Waals surface area contributed by atoms with Crippen molar-refractivity contribution in [1.29, 1.82) is 0 Å². The number of nitrogens with one attached hydrogen (secondary N) is 1. The molecule has 0 amide bonds. The fourth-order valence-corrected chi connectivity index (χ4v) is 1.72. The summed E-state index contributed by atoms with van der Waals surface area (Å²) in [6.45, 7) is 3.03. The largest absolute Gasteiger partial charge is 0.380 e. The maximum Gasteiger partial charge on any atom is 0.128 e. The van der Waals surface area contributed by atoms with Gasteiger partial charge >= 0.3 is 0 Å². The van der Waals surface area contributed by atoms with Crippen molar-refractivity contribution in [3.8, 4) is 0 Å². The highest BCUT2D eigenvalue weighted by atomic mass is 79.9. The third kappa shape index (κ3) is 3.55. The summed E-state index contributed by atoms with van der Waals surface area (Å²) in [4.78, 5) is 0. The van der Waals surface area contributed by atoms with E-state index in [0.29, 0.717) is 18.8 Å². The Bertz CT molecular complexity index is 319. The van der Waals surface area contributed by atoms with E-state index in [2.05, 4.69) is 21.2 Å². The van der Waals surface area contributed by atoms with Crippen LogP contribution in [-0.4, -0.2) is 20.3 Å². The molecule has 0 bridgehead atoms. The molecule has 0 aliphatic carbocycles. The zero-order valence-electron chi connectivity index (χ0n) is 8.89. The molecular formula is C11H15BrFNO. The molecule has 0 radical (unpaired) electrons. The molecule has 0 spiro atoms. The Morgan fingerprint density at radius 3 is 2.87 bits per heavy atom. The zero-order chi connectivity index (χ0) is 11.3. The van der Waals surface area contributed by atoms with E-state index in [0.717, 1.165) is 4.47 Å². The second kappa shape index (κ2) is 6.20. The molecule has 0 fully saturated rings. The van der Waals surface area contributed by atoms with Crippen LogP contribution in [0.5, 0.6) is 0 Å². The maximum absolute atomic E-state index is 13.5. The van der Waals surface area contributed by atoms with Crippen molar-refractivity contribution in [3.05, 3.63) is 34.1 Å². The third-order valence-electron chi connectivity index (χ3n) is 2.17. The molecule has 2 nitrogen and oxygen atoms in total. The predicted octanol–water partition coefficient (Wildman–Crippen LogP) is 2.89. The fourth-order valence-electron chi connectivity index (χ4n) is 1.35. The molecule has 15 heavy (non-hydrogen) atoms. The first-order valence-corrected chi connectivity index (χ1v) is 5.68. The Hall–Kier alpha value is -0.450. The molecule has 0 aliphatic rings. The minimum atomic E-state index is -0.211. The van der Waals surface area contributed by atoms with E-state index in [1.54, 1.807) is 19.2 Å². The summed E-state index contributed by atoms with van der Waals surface area (Å²) in [5.41, 5.74) is 0.625. The van der Waals surface area contributed by atoms with Crippen LogP contribution in [-0.2, 0) is 4.74 Å². The van der Waals surface area contributed by atoms with E-state index in [-0.39, 0.29) is 11.9 Å². The van der Waals surface area contributed by atoms with Crippen LogP contribution in [0.15, 0.2) is 22.7 Å². The highest BCUT2D eigenvalue weighted by Gasteiger charge is 2.14. The quantitative estimate of drug-likeness (QED) is 0.892. The minimum Gasteiger partial charge on any atom is -0.380 e. The lowest BCUT2D eigenvalue weighted by Gasteiger charge is -2.17. The summed E-state index contributed by atoms with van der Waals surface area (Å²) in [6, 6.07) is 4.81. The normalized spacial score (nSPS) is 12.8. The second-order valence-corrected chi connectivity index (χ2v) is 4.08. The third-order valence-corrected chi connectivity index (χ3v) is 2.66. The molecule has 1 aromatic carbocycles. The number of hydrogen-bond donors (Lipinski definition) is 1. The molecule has 1 aromatic rings. The standard InChI is InChI=1S/C11H15BrFNO/c1-3-15-7-11(14-2)9-6-8(12)4-5-10(9)13/h4-6,11,14H,3,7H2,1-2H3. The summed E-state index contributed by atoms with van der Waals surface area (Å²) >= 11 is 3.33. The van der Waals surface area contributed by atoms with E-state index in [9.17, 15) is 4.39 Å². The Morgan fingerprint density at radius 2 is 2.27 bits per heavy atom. The summed E-state index contributed by atoms with van der Waals surface area (Å²) in [5.74, 6) is -0.211. The van der Waals surface area contributed by atoms with E-state index < -0.39 is 0 Å². The predicted molar refractivity (Wildman–Crippen MR) is 62.4 cm³/mol. The second-order valence-electron chi connectivity index (χ2n) is 3.17. The van der Waals surface area contributed by atoms with Gasteiger partial charge in [0.15, 0.2) is 0 Å². The molecule has 1 N–H and O–H groups in total. The van der Waals surface area contributed by atoms with Crippen LogP contribution in [0, 0.1) is 5.82 Å². The SMILES string of the molecule is CCOCC(NC)c1cc(Br)ccc1F. The smallest absolute Gasteiger partial charge is 0.128 e. The number of ether oxygens (including phenoxy) is 1. The lowest BCUT2D eigenvalue weighted by atomic mass is 10.1. The van der Waals surface area contributed by atoms with Gasteiger partial charge in [0.1, 0.15) is 5.82 Å². The maximum atomic E-state index is 13.5. The molecule has 0 heterocycles. The van der Waals surface area contributed by atoms with Crippen molar-refractivity contribution in [2.24, 2.45) is 0 Å². The molecule has 84 valence electrons. The summed E-state index contributed by atoms with van der Waals surface area (Å²) < 4.78 is 19.7. The van der Waals surface area contributed by atoms with Gasteiger partial charge in [-0.1, -0.05) is 15.9 Å². The Kier molecular flexibility index (Phi) is 5.22. The minimum absolute atomic E-state index is 0.109. The molecule has 0 saturated heterocycles. The van der Waals surface area contributed by atoms with Gasteiger partial charge in [-0.2, -0.15) is 0 Å². The number of benzene rings is 1. The first-order chi connectivity index (χ1) is 7.19. The van der Waals surface area contributed by atoms with Crippen LogP contribution in [0.3, 0.4) is 0 Å². The van der Waals surface area contributed by atoms with Gasteiger partial charge in [-0.25, -0.2) is 4.39 Å². The average Bonchev–Trinajstić information content (AvgIpc) is 2.24. The average molecular weight is 276 g/mol. The van der Waals surface area contributed by atoms with E-state index in [1.807, 2.05) is 6.92 Å². The number of likely N-dealkylation sites (N-methyl/N-ethyl adjacent to an activating group) is 1. The first-order valence-electron chi connectivity index (χ1n) is 4.89. The summed E-state index contributed by atoms with van der Waals surface area (Å²) in [7, 11) is 1.80. The fraction of sp³-hybridized carbons (Fsp3) is 0.455. The Labute approximate surface area is 98.0 Å². The van der Waals surface area contributed by atoms with Gasteiger partial charge in [0.05, 0.1) is 12.6 Å². The highest BCUT2D eigenvalue weighted by Crippen LogP contribution is 2.21. The van der Waals surface area contributed by atoms with Crippen molar-refractivity contribution >= 4 is 15.9 Å². The van der Waals surface area contributed by atoms with E-state index in [1.165, 1.54) is 6.07 Å². The Morgan fingerprint density at radius 1 is 1.53 bits per heavy atom. The molecule has 1 atom stereocenters. The van der Waals surface area contributed by atoms with Crippen LogP contribution in [0.4, 0.5) is 4.39 Å². The van der Waals surface area contributed by atoms with Crippen LogP contribution in [0.1, 0.15) is 18.5 Å². The van der Waals surface area contributed by atoms with Gasteiger partial charge in [0.2, 0.25) is 0 Å². The van der Waals surface area contributed by atoms with E-state index in [4.69, 9.17) is 4.74 Å². The van der Waals surface area contributed by atoms with Gasteiger partial charge in [-0.3, -0.25) is 0 Å². The van der Waals surface area contributed by atoms with Crippen molar-refractivity contribution in [2.75, 3.05) is 20.3 Å². The Balaban J connectivity index is 2.85. The number of hydrogen-bond acceptors (Lipinski definition) is 2. The molecular weight excluding hydrogens is 261 g/mol. The number of halogens is 2. The van der Waals surface area contributed by atoms with Crippen LogP contribution < -0.4 is 5.32 Å². The summed E-state index contributed by atoms with van der Waals surface area (Å²) in [5, 5.41) is 3.04. The lowest BCUT2D eigenvalue weighted by Crippen LogP contribution is -2.22. The zero-order valence-corrected chi connectivity index (χ0v) is 10.5. The lowest BCUT2D eigenvalue weighted by molar-refractivity contribution is 0.124. The van der Waals surface area contributed by atoms with Gasteiger partial charge in [0.25, 0.3) is 0 Å². The molecule has 0 aliphatic heterocycles. The van der Waals surface area contributed by atoms with Crippen molar-refractivity contribution in [1.82, 2.24) is 5.32 Å². The van der Waals surface area contributed by atoms with Gasteiger partial charge in [-0.05, 0) is 32.2 Å². The van der Waals surface area contributed by atoms with Crippen molar-refractivity contribution in [3.63, 3.8) is 0 Å². The monoisotopic (exact) mass is 275 g/mol. The highest BCUT2D eigenvalue weighted by molar-refractivity contribution is 9.10. The topological polar surface area (TPSA) is 21.3 Å². The summed E-state index contributed by atoms with van der Waals surface area (Å²) in [6.07, 6.45) is 0. The van der Waals surface area contributed by atoms with Gasteiger partial charge < -0.3 is 10.1 Å². The van der Waals surface area contributed by atoms with Crippen LogP contribution >= 0.6 is 15.9 Å². The molecule has 0 aromatic heterocycles. The molecule has 0 saturated carbocycles. The molecule has 4 heteroatoms. The van der Waals surface area contributed by atoms with Gasteiger partial charge in [-0.15, -0.1) is 0 Å². The van der Waals surface area contributed by atoms with Crippen molar-refractivity contribution < 1.29 is 9.13 Å². The molecule has 1 rings (SSSR count). The van der Waals surface area contributed by atoms with Crippen LogP contribution in [0.25, 0.3) is 0 Å². The van der Waals surface area contributed by atoms with E-state index >= 15 is 0 Å². The molecule has 1 unspecified atom stereocenters.